The van der Waals surface area contributed by atoms with Crippen molar-refractivity contribution in [1.29, 1.82) is 0 Å². The smallest absolute Gasteiger partial charge is 0.497 e. The maximum Gasteiger partial charge on any atom is 0.519 e. The molecule has 0 aromatic heterocycles. The molecule has 1 unspecified atom stereocenters. The normalized spacial score (nSPS) is 12.7. The summed E-state index contributed by atoms with van der Waals surface area (Å²) in [6.07, 6.45) is -13.0. The first-order valence-electron chi connectivity index (χ1n) is 20.5. The molecule has 7 nitrogen and oxygen atoms in total. The highest BCUT2D eigenvalue weighted by atomic mass is 19.4. The number of methoxy groups -OCH3 is 1. The Morgan fingerprint density at radius 2 is 0.712 bits per heavy atom. The van der Waals surface area contributed by atoms with Gasteiger partial charge in [-0.15, -0.1) is 0 Å². The van der Waals surface area contributed by atoms with Gasteiger partial charge in [0.15, 0.2) is 0 Å². The Morgan fingerprint density at radius 1 is 0.424 bits per heavy atom. The summed E-state index contributed by atoms with van der Waals surface area (Å²) >= 11 is 0. The van der Waals surface area contributed by atoms with Crippen LogP contribution in [0.15, 0.2) is 170 Å². The van der Waals surface area contributed by atoms with Crippen molar-refractivity contribution in [1.82, 2.24) is 0 Å². The number of nitrogens with zero attached hydrogens (tertiary/aromatic N) is 1. The quantitative estimate of drug-likeness (QED) is 0.0397. The number of anilines is 3. The molecule has 0 aliphatic heterocycles. The van der Waals surface area contributed by atoms with E-state index in [4.69, 9.17) is 18.9 Å². The van der Waals surface area contributed by atoms with Crippen LogP contribution in [0.25, 0.3) is 0 Å². The Bertz CT molecular complexity index is 2710. The third-order valence-corrected chi connectivity index (χ3v) is 11.5. The van der Waals surface area contributed by atoms with E-state index in [1.165, 1.54) is 0 Å². The van der Waals surface area contributed by atoms with Crippen molar-refractivity contribution in [2.45, 2.75) is 50.9 Å². The van der Waals surface area contributed by atoms with E-state index in [1.807, 2.05) is 38.1 Å². The van der Waals surface area contributed by atoms with Gasteiger partial charge in [0.05, 0.1) is 7.11 Å². The summed E-state index contributed by atoms with van der Waals surface area (Å²) in [7, 11) is 1.59. The Hall–Kier alpha value is -7.54. The first-order valence-corrected chi connectivity index (χ1v) is 20.5. The van der Waals surface area contributed by atoms with Crippen molar-refractivity contribution in [2.75, 3.05) is 12.0 Å². The van der Waals surface area contributed by atoms with Crippen LogP contribution in [0.4, 0.5) is 48.2 Å². The molecule has 1 atom stereocenters. The maximum absolute atomic E-state index is 14.7. The summed E-state index contributed by atoms with van der Waals surface area (Å²) < 4.78 is 109. The van der Waals surface area contributed by atoms with Crippen LogP contribution in [0, 0.1) is 13.8 Å². The van der Waals surface area contributed by atoms with Crippen LogP contribution >= 0.6 is 0 Å². The highest BCUT2D eigenvalue weighted by molar-refractivity contribution is 5.77. The van der Waals surface area contributed by atoms with Gasteiger partial charge < -0.3 is 23.8 Å². The second kappa shape index (κ2) is 18.5. The van der Waals surface area contributed by atoms with Crippen LogP contribution in [0.3, 0.4) is 0 Å². The van der Waals surface area contributed by atoms with Crippen LogP contribution in [0.1, 0.15) is 52.8 Å². The van der Waals surface area contributed by atoms with Gasteiger partial charge >= 0.3 is 24.5 Å². The van der Waals surface area contributed by atoms with Gasteiger partial charge in [0, 0.05) is 29.4 Å². The minimum atomic E-state index is -5.88. The second-order valence-electron chi connectivity index (χ2n) is 15.8. The van der Waals surface area contributed by atoms with Crippen LogP contribution < -0.4 is 23.8 Å². The number of aryl methyl sites for hydroxylation is 2. The largest absolute Gasteiger partial charge is 0.519 e. The lowest BCUT2D eigenvalue weighted by Crippen LogP contribution is -2.54. The second-order valence-corrected chi connectivity index (χ2v) is 15.8. The summed E-state index contributed by atoms with van der Waals surface area (Å²) in [6.45, 7) is 7.19. The number of carbonyl (C=O) groups excluding carboxylic acids is 2. The van der Waals surface area contributed by atoms with Gasteiger partial charge in [-0.1, -0.05) is 96.1 Å². The first-order chi connectivity index (χ1) is 31.3. The summed E-state index contributed by atoms with van der Waals surface area (Å²) in [5.41, 5.74) is 0.307. The van der Waals surface area contributed by atoms with E-state index in [-0.39, 0.29) is 17.2 Å². The highest BCUT2D eigenvalue weighted by Gasteiger charge is 2.72. The van der Waals surface area contributed by atoms with Gasteiger partial charge in [-0.3, -0.25) is 4.79 Å². The molecule has 0 N–H and O–H groups in total. The maximum atomic E-state index is 14.7. The molecule has 0 amide bonds. The van der Waals surface area contributed by atoms with Gasteiger partial charge in [0.1, 0.15) is 23.0 Å². The Kier molecular flexibility index (Phi) is 13.0. The predicted octanol–water partition coefficient (Wildman–Crippen LogP) is 14.0. The number of benzene rings is 7. The zero-order valence-electron chi connectivity index (χ0n) is 36.3. The number of hydrogen-bond donors (Lipinski definition) is 0. The van der Waals surface area contributed by atoms with Crippen LogP contribution in [0.5, 0.6) is 23.0 Å². The molecule has 0 aliphatic rings. The molecular formula is C53H43F6NO6. The van der Waals surface area contributed by atoms with Crippen molar-refractivity contribution in [3.63, 3.8) is 0 Å². The van der Waals surface area contributed by atoms with E-state index in [9.17, 15) is 35.9 Å². The Morgan fingerprint density at radius 3 is 1.03 bits per heavy atom. The molecule has 0 fully saturated rings. The van der Waals surface area contributed by atoms with E-state index >= 15 is 0 Å². The van der Waals surface area contributed by atoms with Crippen LogP contribution in [-0.4, -0.2) is 31.6 Å². The van der Waals surface area contributed by atoms with E-state index in [0.717, 1.165) is 76.1 Å². The van der Waals surface area contributed by atoms with Crippen molar-refractivity contribution < 1.29 is 54.9 Å². The molecule has 338 valence electrons. The molecule has 0 saturated carbocycles. The third-order valence-electron chi connectivity index (χ3n) is 11.5. The minimum absolute atomic E-state index is 0.0602. The molecular weight excluding hydrogens is 861 g/mol. The molecule has 7 aromatic carbocycles. The first kappa shape index (κ1) is 46.5. The molecule has 0 bridgehead atoms. The Balaban J connectivity index is 1.14. The number of esters is 1. The average molecular weight is 904 g/mol. The molecule has 13 heteroatoms. The summed E-state index contributed by atoms with van der Waals surface area (Å²) in [5.74, 6) is -0.684. The fraction of sp³-hybridized carbons (Fsp3) is 0.170. The lowest BCUT2D eigenvalue weighted by Gasteiger charge is -2.38. The molecule has 66 heavy (non-hydrogen) atoms. The fourth-order valence-corrected chi connectivity index (χ4v) is 7.97. The zero-order chi connectivity index (χ0) is 47.4. The molecule has 7 aromatic rings. The molecule has 0 aliphatic carbocycles. The predicted molar refractivity (Wildman–Crippen MR) is 239 cm³/mol. The molecule has 0 saturated heterocycles. The fourth-order valence-electron chi connectivity index (χ4n) is 7.97. The lowest BCUT2D eigenvalue weighted by atomic mass is 9.71. The van der Waals surface area contributed by atoms with Gasteiger partial charge in [-0.25, -0.2) is 4.79 Å². The summed E-state index contributed by atoms with van der Waals surface area (Å²) in [4.78, 5) is 26.4. The number of alkyl halides is 6. The van der Waals surface area contributed by atoms with Crippen molar-refractivity contribution >= 4 is 29.2 Å². The molecule has 0 radical (unpaired) electrons. The topological polar surface area (TPSA) is 74.3 Å². The number of halogens is 6. The number of rotatable bonds is 12. The third kappa shape index (κ3) is 9.33. The minimum Gasteiger partial charge on any atom is -0.497 e. The SMILES string of the molecule is COc1ccc(C(C)(c2ccc(OC(=O)Oc3ccc(C(c4ccc(OC(C)=O)cc4)(C(F)(F)F)C(F)(F)F)cc3)cc2)c2ccc(N(c3ccc(C)cc3)c3ccc(C)cc3)cc2)cc1. The standard InChI is InChI=1S/C53H43F6NO6/c1-34-6-20-42(21-7-34)60(43-22-8-35(2)9-23-43)44-24-10-37(11-25-44)50(4,38-12-26-45(63-5)27-13-38)39-14-28-47(29-15-39)65-49(62)66-48-32-18-41(19-33-48)51(52(54,55)56,53(57,58)59)40-16-30-46(31-17-40)64-36(3)61/h6-33H,1-5H3. The Labute approximate surface area is 377 Å². The molecule has 0 heterocycles. The highest BCUT2D eigenvalue weighted by Crippen LogP contribution is 2.56. The lowest BCUT2D eigenvalue weighted by molar-refractivity contribution is -0.288. The summed E-state index contributed by atoms with van der Waals surface area (Å²) in [5, 5.41) is 0. The number of carbonyl (C=O) groups is 2. The monoisotopic (exact) mass is 903 g/mol. The van der Waals surface area contributed by atoms with Crippen molar-refractivity contribution in [3.05, 3.63) is 209 Å². The molecule has 0 spiro atoms. The van der Waals surface area contributed by atoms with E-state index in [2.05, 4.69) is 84.6 Å². The number of ether oxygens (including phenoxy) is 4. The van der Waals surface area contributed by atoms with Gasteiger partial charge in [0.25, 0.3) is 0 Å². The van der Waals surface area contributed by atoms with E-state index in [1.54, 1.807) is 31.4 Å². The van der Waals surface area contributed by atoms with Crippen molar-refractivity contribution in [2.24, 2.45) is 0 Å². The number of hydrogen-bond acceptors (Lipinski definition) is 7. The molecule has 7 rings (SSSR count). The van der Waals surface area contributed by atoms with Gasteiger partial charge in [-0.05, 0) is 134 Å². The van der Waals surface area contributed by atoms with Crippen molar-refractivity contribution in [3.8, 4) is 23.0 Å². The van der Waals surface area contributed by atoms with Crippen LogP contribution in [0.2, 0.25) is 0 Å². The van der Waals surface area contributed by atoms with Crippen LogP contribution in [-0.2, 0) is 15.6 Å². The zero-order valence-corrected chi connectivity index (χ0v) is 36.3. The summed E-state index contributed by atoms with van der Waals surface area (Å²) in [6, 6.07) is 44.9. The van der Waals surface area contributed by atoms with E-state index in [0.29, 0.717) is 30.0 Å². The van der Waals surface area contributed by atoms with Gasteiger partial charge in [0.2, 0.25) is 5.41 Å². The van der Waals surface area contributed by atoms with E-state index < -0.39 is 46.4 Å². The average Bonchev–Trinajstić information content (AvgIpc) is 3.28. The van der Waals surface area contributed by atoms with Gasteiger partial charge in [-0.2, -0.15) is 26.3 Å².